The van der Waals surface area contributed by atoms with Gasteiger partial charge < -0.3 is 4.74 Å². The van der Waals surface area contributed by atoms with E-state index in [1.807, 2.05) is 6.07 Å². The van der Waals surface area contributed by atoms with E-state index < -0.39 is 11.9 Å². The van der Waals surface area contributed by atoms with Gasteiger partial charge in [0, 0.05) is 0 Å². The molecule has 0 amide bonds. The Morgan fingerprint density at radius 1 is 1.00 bits per heavy atom. The van der Waals surface area contributed by atoms with Gasteiger partial charge >= 0.3 is 11.9 Å². The molecule has 2 aromatic rings. The molecule has 0 saturated carbocycles. The van der Waals surface area contributed by atoms with Crippen molar-refractivity contribution in [3.05, 3.63) is 41.5 Å². The molecule has 0 unspecified atom stereocenters. The first-order valence-electron chi connectivity index (χ1n) is 4.75. The predicted octanol–water partition coefficient (Wildman–Crippen LogP) is 0.944. The van der Waals surface area contributed by atoms with Crippen LogP contribution in [0, 0.1) is 0 Å². The Bertz CT molecular complexity index is 646. The van der Waals surface area contributed by atoms with E-state index in [-0.39, 0.29) is 5.56 Å². The van der Waals surface area contributed by atoms with Gasteiger partial charge in [0.25, 0.3) is 0 Å². The van der Waals surface area contributed by atoms with Crippen molar-refractivity contribution in [2.45, 2.75) is 0 Å². The van der Waals surface area contributed by atoms with Crippen LogP contribution in [0.25, 0.3) is 10.8 Å². The molecule has 16 heavy (non-hydrogen) atoms. The third kappa shape index (κ3) is 1.10. The van der Waals surface area contributed by atoms with Crippen molar-refractivity contribution in [1.29, 1.82) is 0 Å². The molecule has 1 aliphatic heterocycles. The van der Waals surface area contributed by atoms with E-state index in [4.69, 9.17) is 7.85 Å². The Morgan fingerprint density at radius 3 is 2.44 bits per heavy atom. The van der Waals surface area contributed by atoms with E-state index in [1.165, 1.54) is 0 Å². The molecule has 0 aromatic heterocycles. The molecule has 0 atom stereocenters. The van der Waals surface area contributed by atoms with Gasteiger partial charge in [-0.25, -0.2) is 9.59 Å². The van der Waals surface area contributed by atoms with Crippen LogP contribution in [0.3, 0.4) is 0 Å². The standard InChI is InChI=1S/C12H5BO3/c13-10-3-1-2-6-4-8-9(5-7(6)10)12(15)16-11(8)14/h1-5H. The fourth-order valence-electron chi connectivity index (χ4n) is 1.88. The summed E-state index contributed by atoms with van der Waals surface area (Å²) in [6, 6.07) is 8.62. The number of hydrogen-bond donors (Lipinski definition) is 0. The largest absolute Gasteiger partial charge is 0.386 e. The lowest BCUT2D eigenvalue weighted by Gasteiger charge is -2.02. The maximum absolute atomic E-state index is 11.3. The van der Waals surface area contributed by atoms with Gasteiger partial charge in [-0.05, 0) is 22.9 Å². The number of carbonyl (C=O) groups excluding carboxylic acids is 2. The summed E-state index contributed by atoms with van der Waals surface area (Å²) >= 11 is 0. The maximum atomic E-state index is 11.3. The van der Waals surface area contributed by atoms with Crippen molar-refractivity contribution in [3.63, 3.8) is 0 Å². The van der Waals surface area contributed by atoms with E-state index in [2.05, 4.69) is 4.74 Å². The molecule has 0 fully saturated rings. The minimum Gasteiger partial charge on any atom is -0.386 e. The number of fused-ring (bicyclic) bond motifs is 2. The maximum Gasteiger partial charge on any atom is 0.346 e. The molecule has 3 rings (SSSR count). The second kappa shape index (κ2) is 2.95. The molecule has 3 nitrogen and oxygen atoms in total. The smallest absolute Gasteiger partial charge is 0.346 e. The highest BCUT2D eigenvalue weighted by molar-refractivity contribution is 6.39. The predicted molar refractivity (Wildman–Crippen MR) is 59.1 cm³/mol. The molecule has 0 N–H and O–H groups in total. The summed E-state index contributed by atoms with van der Waals surface area (Å²) in [5, 5.41) is 1.58. The second-order valence-corrected chi connectivity index (χ2v) is 3.64. The van der Waals surface area contributed by atoms with Crippen LogP contribution in [-0.4, -0.2) is 19.8 Å². The molecule has 1 heterocycles. The molecule has 0 saturated heterocycles. The summed E-state index contributed by atoms with van der Waals surface area (Å²) < 4.78 is 4.52. The fourth-order valence-corrected chi connectivity index (χ4v) is 1.88. The average molecular weight is 208 g/mol. The molecular formula is C12H5BO3. The Hall–Kier alpha value is -2.10. The Kier molecular flexibility index (Phi) is 1.69. The lowest BCUT2D eigenvalue weighted by atomic mass is 9.88. The van der Waals surface area contributed by atoms with Crippen LogP contribution in [0.2, 0.25) is 0 Å². The van der Waals surface area contributed by atoms with Gasteiger partial charge in [0.2, 0.25) is 0 Å². The van der Waals surface area contributed by atoms with Crippen molar-refractivity contribution in [1.82, 2.24) is 0 Å². The number of esters is 2. The zero-order valence-electron chi connectivity index (χ0n) is 8.19. The van der Waals surface area contributed by atoms with Crippen molar-refractivity contribution in [2.24, 2.45) is 0 Å². The number of ether oxygens (including phenoxy) is 1. The SMILES string of the molecule is [B]c1cccc2cc3c(cc12)C(=O)OC3=O. The van der Waals surface area contributed by atoms with Crippen molar-refractivity contribution in [3.8, 4) is 0 Å². The van der Waals surface area contributed by atoms with Gasteiger partial charge in [0.05, 0.1) is 11.1 Å². The lowest BCUT2D eigenvalue weighted by molar-refractivity contribution is 0.0444. The van der Waals surface area contributed by atoms with Crippen LogP contribution in [0.1, 0.15) is 20.7 Å². The summed E-state index contributed by atoms with van der Waals surface area (Å²) in [6.45, 7) is 0. The minimum atomic E-state index is -0.606. The van der Waals surface area contributed by atoms with Gasteiger partial charge in [-0.2, -0.15) is 0 Å². The first-order chi connectivity index (χ1) is 7.66. The molecule has 74 valence electrons. The summed E-state index contributed by atoms with van der Waals surface area (Å²) in [5.41, 5.74) is 1.17. The highest BCUT2D eigenvalue weighted by Crippen LogP contribution is 2.24. The van der Waals surface area contributed by atoms with Crippen molar-refractivity contribution in [2.75, 3.05) is 0 Å². The number of rotatable bonds is 0. The van der Waals surface area contributed by atoms with Gasteiger partial charge in [0.1, 0.15) is 7.85 Å². The molecule has 0 spiro atoms. The third-order valence-electron chi connectivity index (χ3n) is 2.68. The second-order valence-electron chi connectivity index (χ2n) is 3.64. The fraction of sp³-hybridized carbons (Fsp3) is 0. The minimum absolute atomic E-state index is 0.287. The number of benzene rings is 2. The molecule has 4 heteroatoms. The number of hydrogen-bond acceptors (Lipinski definition) is 3. The number of cyclic esters (lactones) is 2. The van der Waals surface area contributed by atoms with E-state index in [0.29, 0.717) is 11.0 Å². The molecule has 1 aliphatic rings. The monoisotopic (exact) mass is 208 g/mol. The van der Waals surface area contributed by atoms with Gasteiger partial charge in [0.15, 0.2) is 0 Å². The molecular weight excluding hydrogens is 203 g/mol. The topological polar surface area (TPSA) is 43.4 Å². The highest BCUT2D eigenvalue weighted by atomic mass is 16.6. The van der Waals surface area contributed by atoms with Crippen LogP contribution in [-0.2, 0) is 4.74 Å². The third-order valence-corrected chi connectivity index (χ3v) is 2.68. The summed E-state index contributed by atoms with van der Waals surface area (Å²) in [6.07, 6.45) is 0. The van der Waals surface area contributed by atoms with Crippen LogP contribution < -0.4 is 5.46 Å². The van der Waals surface area contributed by atoms with Crippen molar-refractivity contribution < 1.29 is 14.3 Å². The molecule has 0 bridgehead atoms. The van der Waals surface area contributed by atoms with E-state index in [0.717, 1.165) is 10.8 Å². The van der Waals surface area contributed by atoms with Crippen LogP contribution in [0.4, 0.5) is 0 Å². The molecule has 2 radical (unpaired) electrons. The molecule has 2 aromatic carbocycles. The summed E-state index contributed by atoms with van der Waals surface area (Å²) in [7, 11) is 5.79. The zero-order valence-corrected chi connectivity index (χ0v) is 8.19. The Morgan fingerprint density at radius 2 is 1.69 bits per heavy atom. The summed E-state index contributed by atoms with van der Waals surface area (Å²) in [5.74, 6) is -1.20. The van der Waals surface area contributed by atoms with Crippen molar-refractivity contribution >= 4 is 36.0 Å². The summed E-state index contributed by atoms with van der Waals surface area (Å²) in [4.78, 5) is 22.7. The van der Waals surface area contributed by atoms with Gasteiger partial charge in [-0.15, -0.1) is 0 Å². The van der Waals surface area contributed by atoms with Crippen LogP contribution >= 0.6 is 0 Å². The van der Waals surface area contributed by atoms with Gasteiger partial charge in [-0.3, -0.25) is 0 Å². The quantitative estimate of drug-likeness (QED) is 0.367. The first kappa shape index (κ1) is 9.15. The van der Waals surface area contributed by atoms with Gasteiger partial charge in [-0.1, -0.05) is 23.7 Å². The van der Waals surface area contributed by atoms with E-state index >= 15 is 0 Å². The molecule has 0 aliphatic carbocycles. The van der Waals surface area contributed by atoms with Crippen LogP contribution in [0.5, 0.6) is 0 Å². The lowest BCUT2D eigenvalue weighted by Crippen LogP contribution is -2.04. The number of carbonyl (C=O) groups is 2. The highest BCUT2D eigenvalue weighted by Gasteiger charge is 2.29. The Balaban J connectivity index is 2.43. The first-order valence-corrected chi connectivity index (χ1v) is 4.75. The Labute approximate surface area is 92.4 Å². The normalized spacial score (nSPS) is 14.0. The van der Waals surface area contributed by atoms with E-state index in [1.54, 1.807) is 24.3 Å². The van der Waals surface area contributed by atoms with E-state index in [9.17, 15) is 9.59 Å². The van der Waals surface area contributed by atoms with Crippen LogP contribution in [0.15, 0.2) is 30.3 Å². The average Bonchev–Trinajstić information content (AvgIpc) is 2.53. The zero-order chi connectivity index (χ0) is 11.3.